The highest BCUT2D eigenvalue weighted by molar-refractivity contribution is 7.09. The molecule has 0 atom stereocenters. The van der Waals surface area contributed by atoms with Gasteiger partial charge in [-0.05, 0) is 36.9 Å². The standard InChI is InChI=1S/C14H18N4S/c1-3-18(9-11-5-4-8-19-11)14-12(13(15)16)10(2)6-7-17-14/h4-8H,3,9H2,1-2H3,(H3,15,16). The zero-order valence-corrected chi connectivity index (χ0v) is 12.0. The van der Waals surface area contributed by atoms with Gasteiger partial charge in [0.15, 0.2) is 0 Å². The van der Waals surface area contributed by atoms with Gasteiger partial charge in [-0.1, -0.05) is 6.07 Å². The summed E-state index contributed by atoms with van der Waals surface area (Å²) in [7, 11) is 0. The number of pyridine rings is 1. The summed E-state index contributed by atoms with van der Waals surface area (Å²) in [6.45, 7) is 5.67. The Morgan fingerprint density at radius 1 is 1.47 bits per heavy atom. The van der Waals surface area contributed by atoms with Crippen LogP contribution in [0, 0.1) is 12.3 Å². The average Bonchev–Trinajstić information content (AvgIpc) is 2.88. The van der Waals surface area contributed by atoms with Crippen molar-refractivity contribution in [2.75, 3.05) is 11.4 Å². The predicted molar refractivity (Wildman–Crippen MR) is 81.0 cm³/mol. The van der Waals surface area contributed by atoms with Crippen molar-refractivity contribution in [2.45, 2.75) is 20.4 Å². The third kappa shape index (κ3) is 2.93. The van der Waals surface area contributed by atoms with Crippen LogP contribution in [0.5, 0.6) is 0 Å². The molecule has 0 aromatic carbocycles. The van der Waals surface area contributed by atoms with Gasteiger partial charge in [0, 0.05) is 17.6 Å². The molecule has 0 amide bonds. The molecule has 0 spiro atoms. The van der Waals surface area contributed by atoms with E-state index in [1.165, 1.54) is 4.88 Å². The summed E-state index contributed by atoms with van der Waals surface area (Å²) in [6, 6.07) is 6.04. The number of hydrogen-bond donors (Lipinski definition) is 2. The first kappa shape index (κ1) is 13.5. The minimum atomic E-state index is 0.0743. The fourth-order valence-electron chi connectivity index (χ4n) is 2.04. The smallest absolute Gasteiger partial charge is 0.140 e. The van der Waals surface area contributed by atoms with E-state index in [2.05, 4.69) is 28.3 Å². The number of anilines is 1. The second-order valence-electron chi connectivity index (χ2n) is 4.33. The Balaban J connectivity index is 2.38. The van der Waals surface area contributed by atoms with Crippen molar-refractivity contribution >= 4 is 23.0 Å². The maximum Gasteiger partial charge on any atom is 0.140 e. The normalized spacial score (nSPS) is 10.4. The molecule has 4 nitrogen and oxygen atoms in total. The quantitative estimate of drug-likeness (QED) is 0.651. The first-order valence-corrected chi connectivity index (χ1v) is 7.08. The predicted octanol–water partition coefficient (Wildman–Crippen LogP) is 2.76. The van der Waals surface area contributed by atoms with Crippen LogP contribution in [0.2, 0.25) is 0 Å². The Bertz CT molecular complexity index is 563. The number of nitrogens with two attached hydrogens (primary N) is 1. The number of amidine groups is 1. The molecule has 0 aliphatic heterocycles. The van der Waals surface area contributed by atoms with Gasteiger partial charge in [-0.2, -0.15) is 0 Å². The Morgan fingerprint density at radius 2 is 2.26 bits per heavy atom. The topological polar surface area (TPSA) is 66.0 Å². The van der Waals surface area contributed by atoms with Gasteiger partial charge < -0.3 is 10.6 Å². The fraction of sp³-hybridized carbons (Fsp3) is 0.286. The van der Waals surface area contributed by atoms with Crippen molar-refractivity contribution in [3.63, 3.8) is 0 Å². The minimum absolute atomic E-state index is 0.0743. The summed E-state index contributed by atoms with van der Waals surface area (Å²) >= 11 is 1.73. The molecule has 2 aromatic rings. The molecule has 0 bridgehead atoms. The summed E-state index contributed by atoms with van der Waals surface area (Å²) in [6.07, 6.45) is 1.77. The maximum absolute atomic E-state index is 7.75. The Kier molecular flexibility index (Phi) is 4.16. The van der Waals surface area contributed by atoms with Crippen LogP contribution in [-0.2, 0) is 6.54 Å². The van der Waals surface area contributed by atoms with Crippen molar-refractivity contribution in [1.29, 1.82) is 5.41 Å². The highest BCUT2D eigenvalue weighted by Gasteiger charge is 2.16. The summed E-state index contributed by atoms with van der Waals surface area (Å²) in [5, 5.41) is 9.82. The lowest BCUT2D eigenvalue weighted by molar-refractivity contribution is 0.820. The monoisotopic (exact) mass is 274 g/mol. The molecule has 0 aliphatic carbocycles. The largest absolute Gasteiger partial charge is 0.384 e. The van der Waals surface area contributed by atoms with Crippen LogP contribution < -0.4 is 10.6 Å². The van der Waals surface area contributed by atoms with Crippen molar-refractivity contribution in [1.82, 2.24) is 4.98 Å². The number of rotatable bonds is 5. The second-order valence-corrected chi connectivity index (χ2v) is 5.37. The lowest BCUT2D eigenvalue weighted by Crippen LogP contribution is -2.27. The van der Waals surface area contributed by atoms with E-state index in [1.54, 1.807) is 17.5 Å². The zero-order valence-electron chi connectivity index (χ0n) is 11.2. The molecule has 100 valence electrons. The highest BCUT2D eigenvalue weighted by atomic mass is 32.1. The second kappa shape index (κ2) is 5.84. The van der Waals surface area contributed by atoms with Crippen LogP contribution in [-0.4, -0.2) is 17.4 Å². The lowest BCUT2D eigenvalue weighted by atomic mass is 10.1. The fourth-order valence-corrected chi connectivity index (χ4v) is 2.76. The molecule has 2 heterocycles. The number of thiophene rings is 1. The Labute approximate surface area is 117 Å². The van der Waals surface area contributed by atoms with Crippen LogP contribution in [0.1, 0.15) is 22.9 Å². The average molecular weight is 274 g/mol. The van der Waals surface area contributed by atoms with Crippen molar-refractivity contribution in [3.8, 4) is 0 Å². The number of aryl methyl sites for hydroxylation is 1. The highest BCUT2D eigenvalue weighted by Crippen LogP contribution is 2.23. The summed E-state index contributed by atoms with van der Waals surface area (Å²) in [5.41, 5.74) is 7.43. The molecule has 0 unspecified atom stereocenters. The van der Waals surface area contributed by atoms with Crippen LogP contribution >= 0.6 is 11.3 Å². The van der Waals surface area contributed by atoms with Gasteiger partial charge in [0.25, 0.3) is 0 Å². The molecule has 0 saturated heterocycles. The number of nitrogens with one attached hydrogen (secondary N) is 1. The minimum Gasteiger partial charge on any atom is -0.384 e. The van der Waals surface area contributed by atoms with E-state index in [4.69, 9.17) is 11.1 Å². The van der Waals surface area contributed by atoms with E-state index >= 15 is 0 Å². The first-order valence-electron chi connectivity index (χ1n) is 6.20. The van der Waals surface area contributed by atoms with E-state index in [9.17, 15) is 0 Å². The number of hydrogen-bond acceptors (Lipinski definition) is 4. The molecule has 19 heavy (non-hydrogen) atoms. The zero-order chi connectivity index (χ0) is 13.8. The lowest BCUT2D eigenvalue weighted by Gasteiger charge is -2.24. The van der Waals surface area contributed by atoms with Crippen molar-refractivity contribution in [3.05, 3.63) is 45.8 Å². The van der Waals surface area contributed by atoms with Crippen LogP contribution in [0.4, 0.5) is 5.82 Å². The van der Waals surface area contributed by atoms with E-state index in [-0.39, 0.29) is 5.84 Å². The van der Waals surface area contributed by atoms with Gasteiger partial charge in [0.1, 0.15) is 11.7 Å². The summed E-state index contributed by atoms with van der Waals surface area (Å²) < 4.78 is 0. The molecule has 5 heteroatoms. The summed E-state index contributed by atoms with van der Waals surface area (Å²) in [5.74, 6) is 0.869. The molecule has 2 aromatic heterocycles. The molecular weight excluding hydrogens is 256 g/mol. The van der Waals surface area contributed by atoms with E-state index in [0.717, 1.165) is 30.0 Å². The molecule has 2 rings (SSSR count). The number of aromatic nitrogens is 1. The molecular formula is C14H18N4S. The Morgan fingerprint density at radius 3 is 2.84 bits per heavy atom. The third-order valence-electron chi connectivity index (χ3n) is 3.02. The van der Waals surface area contributed by atoms with E-state index in [0.29, 0.717) is 0 Å². The summed E-state index contributed by atoms with van der Waals surface area (Å²) in [4.78, 5) is 7.85. The van der Waals surface area contributed by atoms with Gasteiger partial charge in [-0.25, -0.2) is 4.98 Å². The molecule has 0 radical (unpaired) electrons. The van der Waals surface area contributed by atoms with Crippen molar-refractivity contribution < 1.29 is 0 Å². The van der Waals surface area contributed by atoms with Gasteiger partial charge in [-0.15, -0.1) is 11.3 Å². The number of nitrogen functional groups attached to an aromatic ring is 1. The molecule has 0 aliphatic rings. The van der Waals surface area contributed by atoms with Gasteiger partial charge in [0.2, 0.25) is 0 Å². The molecule has 3 N–H and O–H groups in total. The van der Waals surface area contributed by atoms with E-state index < -0.39 is 0 Å². The molecule has 0 saturated carbocycles. The van der Waals surface area contributed by atoms with Crippen LogP contribution in [0.3, 0.4) is 0 Å². The van der Waals surface area contributed by atoms with Gasteiger partial charge >= 0.3 is 0 Å². The third-order valence-corrected chi connectivity index (χ3v) is 3.88. The van der Waals surface area contributed by atoms with E-state index in [1.807, 2.05) is 19.1 Å². The van der Waals surface area contributed by atoms with Crippen LogP contribution in [0.15, 0.2) is 29.8 Å². The Hall–Kier alpha value is -1.88. The number of nitrogens with zero attached hydrogens (tertiary/aromatic N) is 2. The van der Waals surface area contributed by atoms with Crippen LogP contribution in [0.25, 0.3) is 0 Å². The SMILES string of the molecule is CCN(Cc1cccs1)c1nccc(C)c1C(=N)N. The van der Waals surface area contributed by atoms with Gasteiger partial charge in [0.05, 0.1) is 12.1 Å². The van der Waals surface area contributed by atoms with Crippen molar-refractivity contribution in [2.24, 2.45) is 5.73 Å². The van der Waals surface area contributed by atoms with Gasteiger partial charge in [-0.3, -0.25) is 5.41 Å². The first-order chi connectivity index (χ1) is 9.13. The maximum atomic E-state index is 7.75. The molecule has 0 fully saturated rings.